The van der Waals surface area contributed by atoms with Gasteiger partial charge in [0.15, 0.2) is 0 Å². The number of aliphatic hydroxyl groups excluding tert-OH is 2. The molecule has 35 heavy (non-hydrogen) atoms. The molecule has 1 fully saturated rings. The van der Waals surface area contributed by atoms with Crippen LogP contribution in [0.25, 0.3) is 11.1 Å². The molecule has 1 aliphatic heterocycles. The number of β-amino-alcohol motifs (C(OH)–C–C–N with tert-alkyl or cyclic N) is 1. The normalized spacial score (nSPS) is 18.1. The first kappa shape index (κ1) is 24.3. The zero-order chi connectivity index (χ0) is 24.8. The van der Waals surface area contributed by atoms with Crippen molar-refractivity contribution >= 4 is 11.8 Å². The summed E-state index contributed by atoms with van der Waals surface area (Å²) < 4.78 is 5.23. The average Bonchev–Trinajstić information content (AvgIpc) is 3.32. The summed E-state index contributed by atoms with van der Waals surface area (Å²) in [6.07, 6.45) is -1.47. The number of nitro benzene ring substituents is 1. The van der Waals surface area contributed by atoms with Crippen LogP contribution in [-0.4, -0.2) is 39.9 Å². The van der Waals surface area contributed by atoms with Gasteiger partial charge in [0.1, 0.15) is 6.61 Å². The summed E-state index contributed by atoms with van der Waals surface area (Å²) in [7, 11) is 0. The Hall–Kier alpha value is -3.79. The number of carbonyl (C=O) groups is 1. The minimum atomic E-state index is -0.816. The number of hydrogen-bond acceptors (Lipinski definition) is 7. The average molecular weight is 478 g/mol. The Morgan fingerprint density at radius 2 is 1.83 bits per heavy atom. The molecule has 1 amide bonds. The monoisotopic (exact) mass is 477 g/mol. The maximum atomic E-state index is 12.3. The van der Waals surface area contributed by atoms with E-state index in [9.17, 15) is 25.1 Å². The molecule has 3 aromatic rings. The Labute approximate surface area is 202 Å². The van der Waals surface area contributed by atoms with Gasteiger partial charge >= 0.3 is 6.09 Å². The highest BCUT2D eigenvalue weighted by molar-refractivity contribution is 5.68. The Morgan fingerprint density at radius 3 is 2.49 bits per heavy atom. The van der Waals surface area contributed by atoms with Crippen molar-refractivity contribution in [1.82, 2.24) is 10.6 Å². The number of carbonyl (C=O) groups excluding carboxylic acids is 1. The second kappa shape index (κ2) is 11.1. The number of rotatable bonds is 8. The third-order valence-corrected chi connectivity index (χ3v) is 5.94. The van der Waals surface area contributed by atoms with E-state index in [0.29, 0.717) is 24.1 Å². The molecule has 0 radical (unpaired) electrons. The Kier molecular flexibility index (Phi) is 7.71. The summed E-state index contributed by atoms with van der Waals surface area (Å²) in [5.41, 5.74) is 3.95. The number of aliphatic hydroxyl groups is 2. The third kappa shape index (κ3) is 6.42. The van der Waals surface area contributed by atoms with Crippen LogP contribution in [0, 0.1) is 10.1 Å². The fraction of sp³-hybridized carbons (Fsp3) is 0.269. The summed E-state index contributed by atoms with van der Waals surface area (Å²) in [6.45, 7) is 0.600. The van der Waals surface area contributed by atoms with Crippen molar-refractivity contribution in [3.63, 3.8) is 0 Å². The molecular formula is C26H27N3O6. The zero-order valence-electron chi connectivity index (χ0n) is 19.0. The second-order valence-corrected chi connectivity index (χ2v) is 8.53. The molecule has 1 saturated heterocycles. The van der Waals surface area contributed by atoms with Crippen LogP contribution in [0.15, 0.2) is 72.8 Å². The first-order chi connectivity index (χ1) is 16.9. The minimum absolute atomic E-state index is 0.0203. The predicted octanol–water partition coefficient (Wildman–Crippen LogP) is 3.44. The van der Waals surface area contributed by atoms with Crippen LogP contribution in [0.4, 0.5) is 10.5 Å². The van der Waals surface area contributed by atoms with Crippen molar-refractivity contribution in [1.29, 1.82) is 0 Å². The van der Waals surface area contributed by atoms with E-state index in [1.54, 1.807) is 0 Å². The molecule has 0 saturated carbocycles. The molecule has 4 N–H and O–H groups in total. The summed E-state index contributed by atoms with van der Waals surface area (Å²) in [5.74, 6) is 0. The van der Waals surface area contributed by atoms with Crippen LogP contribution in [0.3, 0.4) is 0 Å². The number of hydrogen-bond donors (Lipinski definition) is 4. The Bertz CT molecular complexity index is 1170. The summed E-state index contributed by atoms with van der Waals surface area (Å²) in [5, 5.41) is 37.4. The van der Waals surface area contributed by atoms with Crippen molar-refractivity contribution in [2.75, 3.05) is 6.54 Å². The lowest BCUT2D eigenvalue weighted by molar-refractivity contribution is -0.384. The van der Waals surface area contributed by atoms with E-state index >= 15 is 0 Å². The van der Waals surface area contributed by atoms with E-state index in [-0.39, 0.29) is 24.9 Å². The van der Waals surface area contributed by atoms with Crippen molar-refractivity contribution in [2.24, 2.45) is 0 Å². The quantitative estimate of drug-likeness (QED) is 0.288. The van der Waals surface area contributed by atoms with E-state index in [4.69, 9.17) is 4.74 Å². The molecule has 1 heterocycles. The van der Waals surface area contributed by atoms with Crippen LogP contribution < -0.4 is 10.6 Å². The molecule has 182 valence electrons. The topological polar surface area (TPSA) is 134 Å². The molecule has 0 aliphatic carbocycles. The predicted molar refractivity (Wildman–Crippen MR) is 129 cm³/mol. The van der Waals surface area contributed by atoms with Gasteiger partial charge in [0.05, 0.1) is 17.1 Å². The number of amides is 1. The van der Waals surface area contributed by atoms with Gasteiger partial charge in [0.2, 0.25) is 0 Å². The first-order valence-corrected chi connectivity index (χ1v) is 11.3. The highest BCUT2D eigenvalue weighted by Gasteiger charge is 2.29. The van der Waals surface area contributed by atoms with Crippen LogP contribution in [0.1, 0.15) is 29.2 Å². The van der Waals surface area contributed by atoms with Gasteiger partial charge in [-0.2, -0.15) is 0 Å². The summed E-state index contributed by atoms with van der Waals surface area (Å²) >= 11 is 0. The second-order valence-electron chi connectivity index (χ2n) is 8.53. The molecule has 1 unspecified atom stereocenters. The van der Waals surface area contributed by atoms with E-state index in [2.05, 4.69) is 10.6 Å². The number of nitrogens with one attached hydrogen (secondary N) is 2. The highest BCUT2D eigenvalue weighted by atomic mass is 16.6. The van der Waals surface area contributed by atoms with Crippen molar-refractivity contribution < 1.29 is 24.7 Å². The molecule has 0 spiro atoms. The summed E-state index contributed by atoms with van der Waals surface area (Å²) in [6, 6.07) is 21.0. The van der Waals surface area contributed by atoms with Gasteiger partial charge in [-0.25, -0.2) is 4.79 Å². The van der Waals surface area contributed by atoms with Crippen molar-refractivity contribution in [3.8, 4) is 11.1 Å². The molecule has 0 aromatic heterocycles. The van der Waals surface area contributed by atoms with E-state index in [0.717, 1.165) is 16.7 Å². The molecule has 1 aliphatic rings. The van der Waals surface area contributed by atoms with Crippen molar-refractivity contribution in [3.05, 3.63) is 99.6 Å². The first-order valence-electron chi connectivity index (χ1n) is 11.3. The number of non-ortho nitro benzene ring substituents is 1. The lowest BCUT2D eigenvalue weighted by Crippen LogP contribution is -2.29. The summed E-state index contributed by atoms with van der Waals surface area (Å²) in [4.78, 5) is 22.5. The SMILES string of the molecule is O=C(NCc1cc(-c2ccccc2)cc(C(O)[C@@H]2C[C@@H](O)CN2)c1)OCc1ccc([N+](=O)[O-])cc1. The lowest BCUT2D eigenvalue weighted by Gasteiger charge is -2.20. The molecular weight excluding hydrogens is 450 g/mol. The van der Waals surface area contributed by atoms with Gasteiger partial charge in [0.25, 0.3) is 5.69 Å². The van der Waals surface area contributed by atoms with E-state index < -0.39 is 23.2 Å². The van der Waals surface area contributed by atoms with Gasteiger partial charge in [0, 0.05) is 31.3 Å². The number of nitro groups is 1. The van der Waals surface area contributed by atoms with Crippen LogP contribution in [-0.2, 0) is 17.9 Å². The number of ether oxygens (including phenoxy) is 1. The number of alkyl carbamates (subject to hydrolysis) is 1. The van der Waals surface area contributed by atoms with Gasteiger partial charge in [-0.15, -0.1) is 0 Å². The molecule has 3 aromatic carbocycles. The van der Waals surface area contributed by atoms with Crippen LogP contribution >= 0.6 is 0 Å². The Morgan fingerprint density at radius 1 is 1.09 bits per heavy atom. The molecule has 9 nitrogen and oxygen atoms in total. The largest absolute Gasteiger partial charge is 0.445 e. The maximum Gasteiger partial charge on any atom is 0.407 e. The van der Waals surface area contributed by atoms with E-state index in [1.807, 2.05) is 48.5 Å². The minimum Gasteiger partial charge on any atom is -0.445 e. The zero-order valence-corrected chi connectivity index (χ0v) is 19.0. The molecule has 3 atom stereocenters. The third-order valence-electron chi connectivity index (χ3n) is 5.94. The maximum absolute atomic E-state index is 12.3. The fourth-order valence-corrected chi connectivity index (χ4v) is 4.10. The number of nitrogens with zero attached hydrogens (tertiary/aromatic N) is 1. The van der Waals surface area contributed by atoms with Crippen LogP contribution in [0.5, 0.6) is 0 Å². The fourth-order valence-electron chi connectivity index (χ4n) is 4.10. The molecule has 4 rings (SSSR count). The smallest absolute Gasteiger partial charge is 0.407 e. The number of benzene rings is 3. The lowest BCUT2D eigenvalue weighted by atomic mass is 9.94. The molecule has 9 heteroatoms. The van der Waals surface area contributed by atoms with Gasteiger partial charge < -0.3 is 25.6 Å². The molecule has 0 bridgehead atoms. The van der Waals surface area contributed by atoms with Crippen molar-refractivity contribution in [2.45, 2.75) is 37.8 Å². The standard InChI is InChI=1S/C26H27N3O6/c30-23-13-24(27-15-23)25(31)21-11-18(10-20(12-21)19-4-2-1-3-5-19)14-28-26(32)35-16-17-6-8-22(9-7-17)29(33)34/h1-12,23-25,27,30-31H,13-16H2,(H,28,32)/t23-,24+,25?/m1/s1. The van der Waals surface area contributed by atoms with Gasteiger partial charge in [-0.1, -0.05) is 36.4 Å². The van der Waals surface area contributed by atoms with Gasteiger partial charge in [-0.3, -0.25) is 10.1 Å². The van der Waals surface area contributed by atoms with Gasteiger partial charge in [-0.05, 0) is 58.5 Å². The van der Waals surface area contributed by atoms with Crippen LogP contribution in [0.2, 0.25) is 0 Å². The Balaban J connectivity index is 1.43. The highest BCUT2D eigenvalue weighted by Crippen LogP contribution is 2.29. The van der Waals surface area contributed by atoms with E-state index in [1.165, 1.54) is 24.3 Å².